The van der Waals surface area contributed by atoms with Gasteiger partial charge in [-0.15, -0.1) is 24.0 Å². The average Bonchev–Trinajstić information content (AvgIpc) is 2.59. The molecule has 0 saturated carbocycles. The molecular weight excluding hydrogens is 434 g/mol. The van der Waals surface area contributed by atoms with Crippen LogP contribution in [0.25, 0.3) is 0 Å². The Bertz CT molecular complexity index is 694. The van der Waals surface area contributed by atoms with Gasteiger partial charge in [0.2, 0.25) is 5.91 Å². The Morgan fingerprint density at radius 1 is 1.08 bits per heavy atom. The van der Waals surface area contributed by atoms with Crippen LogP contribution in [0.1, 0.15) is 5.56 Å². The van der Waals surface area contributed by atoms with Gasteiger partial charge in [-0.3, -0.25) is 9.79 Å². The second-order valence-corrected chi connectivity index (χ2v) is 5.15. The third kappa shape index (κ3) is 7.97. The lowest BCUT2D eigenvalue weighted by molar-refractivity contribution is -0.115. The van der Waals surface area contributed by atoms with Gasteiger partial charge in [0.15, 0.2) is 5.96 Å². The smallest absolute Gasteiger partial charge is 0.243 e. The fourth-order valence-electron chi connectivity index (χ4n) is 2.13. The minimum absolute atomic E-state index is 0. The van der Waals surface area contributed by atoms with Gasteiger partial charge in [0.05, 0.1) is 6.54 Å². The number of hydrogen-bond acceptors (Lipinski definition) is 2. The first-order valence-corrected chi connectivity index (χ1v) is 7.71. The number of nitrogens with zero attached hydrogens (tertiary/aromatic N) is 1. The summed E-state index contributed by atoms with van der Waals surface area (Å²) in [4.78, 5) is 15.9. The van der Waals surface area contributed by atoms with E-state index in [2.05, 4.69) is 20.9 Å². The van der Waals surface area contributed by atoms with Gasteiger partial charge in [-0.25, -0.2) is 4.39 Å². The normalized spacial score (nSPS) is 10.6. The molecule has 2 aromatic rings. The quantitative estimate of drug-likeness (QED) is 0.356. The van der Waals surface area contributed by atoms with E-state index >= 15 is 0 Å². The number of carbonyl (C=O) groups excluding carboxylic acids is 1. The first-order chi connectivity index (χ1) is 11.7. The summed E-state index contributed by atoms with van der Waals surface area (Å²) in [5, 5.41) is 8.82. The molecule has 7 heteroatoms. The Balaban J connectivity index is 0.00000312. The van der Waals surface area contributed by atoms with Gasteiger partial charge < -0.3 is 16.0 Å². The summed E-state index contributed by atoms with van der Waals surface area (Å²) in [5.41, 5.74) is 1.65. The number of aliphatic imine (C=N–C) groups is 1. The molecule has 25 heavy (non-hydrogen) atoms. The number of amides is 1. The van der Waals surface area contributed by atoms with Crippen LogP contribution >= 0.6 is 24.0 Å². The first-order valence-electron chi connectivity index (χ1n) is 7.71. The molecule has 0 unspecified atom stereocenters. The van der Waals surface area contributed by atoms with E-state index in [4.69, 9.17) is 0 Å². The summed E-state index contributed by atoms with van der Waals surface area (Å²) >= 11 is 0. The summed E-state index contributed by atoms with van der Waals surface area (Å²) in [7, 11) is 1.63. The number of carbonyl (C=O) groups is 1. The van der Waals surface area contributed by atoms with E-state index in [1.54, 1.807) is 13.1 Å². The fourth-order valence-corrected chi connectivity index (χ4v) is 2.13. The maximum absolute atomic E-state index is 13.1. The van der Waals surface area contributed by atoms with Crippen LogP contribution in [0.5, 0.6) is 0 Å². The zero-order valence-corrected chi connectivity index (χ0v) is 16.3. The Labute approximate surface area is 164 Å². The summed E-state index contributed by atoms with van der Waals surface area (Å²) in [6, 6.07) is 15.7. The lowest BCUT2D eigenvalue weighted by Crippen LogP contribution is -2.42. The predicted molar refractivity (Wildman–Crippen MR) is 110 cm³/mol. The van der Waals surface area contributed by atoms with E-state index in [9.17, 15) is 9.18 Å². The van der Waals surface area contributed by atoms with Crippen LogP contribution in [-0.2, 0) is 11.2 Å². The lowest BCUT2D eigenvalue weighted by Gasteiger charge is -2.12. The molecule has 3 N–H and O–H groups in total. The van der Waals surface area contributed by atoms with Crippen LogP contribution < -0.4 is 16.0 Å². The van der Waals surface area contributed by atoms with E-state index < -0.39 is 0 Å². The molecule has 0 bridgehead atoms. The number of hydrogen-bond donors (Lipinski definition) is 3. The van der Waals surface area contributed by atoms with E-state index in [1.165, 1.54) is 12.1 Å². The third-order valence-electron chi connectivity index (χ3n) is 3.29. The summed E-state index contributed by atoms with van der Waals surface area (Å²) < 4.78 is 13.1. The minimum Gasteiger partial charge on any atom is -0.356 e. The molecule has 1 amide bonds. The lowest BCUT2D eigenvalue weighted by atomic mass is 10.1. The highest BCUT2D eigenvalue weighted by atomic mass is 127. The van der Waals surface area contributed by atoms with E-state index in [-0.39, 0.29) is 42.2 Å². The molecule has 5 nitrogen and oxygen atoms in total. The van der Waals surface area contributed by atoms with Gasteiger partial charge in [-0.2, -0.15) is 0 Å². The maximum Gasteiger partial charge on any atom is 0.243 e. The summed E-state index contributed by atoms with van der Waals surface area (Å²) in [6.07, 6.45) is 0.661. The molecule has 0 aromatic heterocycles. The fraction of sp³-hybridized carbons (Fsp3) is 0.222. The molecule has 134 valence electrons. The Hall–Kier alpha value is -2.16. The molecule has 2 rings (SSSR count). The highest BCUT2D eigenvalue weighted by molar-refractivity contribution is 14.0. The van der Waals surface area contributed by atoms with Crippen LogP contribution in [0.3, 0.4) is 0 Å². The minimum atomic E-state index is -0.243. The van der Waals surface area contributed by atoms with E-state index in [1.807, 2.05) is 36.4 Å². The largest absolute Gasteiger partial charge is 0.356 e. The number of rotatable bonds is 6. The maximum atomic E-state index is 13.1. The number of anilines is 1. The highest BCUT2D eigenvalue weighted by Gasteiger charge is 2.04. The number of benzene rings is 2. The summed E-state index contributed by atoms with van der Waals surface area (Å²) in [6.45, 7) is 0.692. The van der Waals surface area contributed by atoms with Gasteiger partial charge in [0.1, 0.15) is 5.82 Å². The summed E-state index contributed by atoms with van der Waals surface area (Å²) in [5.74, 6) is 0.122. The van der Waals surface area contributed by atoms with Gasteiger partial charge >= 0.3 is 0 Å². The number of halogens is 2. The van der Waals surface area contributed by atoms with Gasteiger partial charge in [-0.1, -0.05) is 30.3 Å². The molecule has 0 saturated heterocycles. The predicted octanol–water partition coefficient (Wildman–Crippen LogP) is 2.79. The molecular formula is C18H22FIN4O. The van der Waals surface area contributed by atoms with Crippen LogP contribution in [0, 0.1) is 5.82 Å². The van der Waals surface area contributed by atoms with Crippen molar-refractivity contribution in [2.75, 3.05) is 25.5 Å². The van der Waals surface area contributed by atoms with Crippen molar-refractivity contribution >= 4 is 41.5 Å². The van der Waals surface area contributed by atoms with Crippen LogP contribution in [0.4, 0.5) is 10.1 Å². The monoisotopic (exact) mass is 456 g/mol. The van der Waals surface area contributed by atoms with Crippen molar-refractivity contribution in [2.24, 2.45) is 4.99 Å². The SMILES string of the molecule is CN=C(NCCc1cccc(F)c1)NCC(=O)Nc1ccccc1.I. The molecule has 0 spiro atoms. The third-order valence-corrected chi connectivity index (χ3v) is 3.29. The van der Waals surface area contributed by atoms with Crippen LogP contribution in [-0.4, -0.2) is 32.0 Å². The Morgan fingerprint density at radius 3 is 2.52 bits per heavy atom. The molecule has 0 atom stereocenters. The van der Waals surface area contributed by atoms with Crippen molar-refractivity contribution in [2.45, 2.75) is 6.42 Å². The second-order valence-electron chi connectivity index (χ2n) is 5.15. The van der Waals surface area contributed by atoms with Gasteiger partial charge in [0, 0.05) is 19.3 Å². The standard InChI is InChI=1S/C18H21FN4O.HI/c1-20-18(21-11-10-14-6-5-7-15(19)12-14)22-13-17(24)23-16-8-3-2-4-9-16;/h2-9,12H,10-11,13H2,1H3,(H,23,24)(H2,20,21,22);1H. The first kappa shape index (κ1) is 20.9. The average molecular weight is 456 g/mol. The molecule has 0 aliphatic heterocycles. The Kier molecular flexibility index (Phi) is 9.53. The highest BCUT2D eigenvalue weighted by Crippen LogP contribution is 2.04. The molecule has 0 radical (unpaired) electrons. The number of guanidine groups is 1. The Morgan fingerprint density at radius 2 is 1.84 bits per heavy atom. The van der Waals surface area contributed by atoms with Crippen LogP contribution in [0.2, 0.25) is 0 Å². The van der Waals surface area contributed by atoms with Crippen molar-refractivity contribution in [1.29, 1.82) is 0 Å². The number of nitrogens with one attached hydrogen (secondary N) is 3. The topological polar surface area (TPSA) is 65.5 Å². The second kappa shape index (κ2) is 11.4. The van der Waals surface area contributed by atoms with Gasteiger partial charge in [0.25, 0.3) is 0 Å². The molecule has 0 aliphatic rings. The molecule has 0 heterocycles. The number of para-hydroxylation sites is 1. The van der Waals surface area contributed by atoms with Crippen molar-refractivity contribution in [1.82, 2.24) is 10.6 Å². The van der Waals surface area contributed by atoms with E-state index in [0.29, 0.717) is 18.9 Å². The van der Waals surface area contributed by atoms with Crippen LogP contribution in [0.15, 0.2) is 59.6 Å². The van der Waals surface area contributed by atoms with Crippen molar-refractivity contribution in [3.05, 3.63) is 66.0 Å². The van der Waals surface area contributed by atoms with Gasteiger partial charge in [-0.05, 0) is 36.2 Å². The molecule has 0 fully saturated rings. The van der Waals surface area contributed by atoms with Crippen molar-refractivity contribution in [3.8, 4) is 0 Å². The molecule has 2 aromatic carbocycles. The molecule has 0 aliphatic carbocycles. The van der Waals surface area contributed by atoms with Crippen molar-refractivity contribution in [3.63, 3.8) is 0 Å². The van der Waals surface area contributed by atoms with Crippen molar-refractivity contribution < 1.29 is 9.18 Å². The zero-order chi connectivity index (χ0) is 17.2. The van der Waals surface area contributed by atoms with E-state index in [0.717, 1.165) is 11.3 Å². The zero-order valence-electron chi connectivity index (χ0n) is 14.0.